The fraction of sp³-hybridized carbons (Fsp3) is 0.714. The molecule has 20 heavy (non-hydrogen) atoms. The van der Waals surface area contributed by atoms with E-state index >= 15 is 0 Å². The van der Waals surface area contributed by atoms with Crippen molar-refractivity contribution in [2.75, 3.05) is 11.4 Å². The minimum Gasteiger partial charge on any atom is -0.372 e. The third kappa shape index (κ3) is 1.85. The normalized spacial score (nSPS) is 25.1. The topological polar surface area (TPSA) is 23.4 Å². The lowest BCUT2D eigenvalue weighted by molar-refractivity contribution is 0.304. The van der Waals surface area contributed by atoms with Crippen molar-refractivity contribution in [3.05, 3.63) is 18.3 Å². The number of fused-ring (bicyclic) bond motifs is 3. The Hall–Kier alpha value is -0.870. The lowest BCUT2D eigenvalue weighted by Crippen LogP contribution is -2.74. The van der Waals surface area contributed by atoms with E-state index in [0.717, 1.165) is 6.54 Å². The monoisotopic (exact) mass is 272 g/mol. The number of rotatable bonds is 3. The molecule has 0 saturated carbocycles. The van der Waals surface area contributed by atoms with Gasteiger partial charge in [-0.3, -0.25) is 0 Å². The van der Waals surface area contributed by atoms with Crippen molar-refractivity contribution in [2.24, 2.45) is 0 Å². The molecule has 1 N–H and O–H groups in total. The second-order valence-electron chi connectivity index (χ2n) is 6.77. The fourth-order valence-corrected chi connectivity index (χ4v) is 3.89. The molecular weight excluding hydrogens is 246 g/mol. The van der Waals surface area contributed by atoms with Crippen molar-refractivity contribution < 1.29 is 0 Å². The summed E-state index contributed by atoms with van der Waals surface area (Å²) in [6.07, 6.45) is 5.10. The van der Waals surface area contributed by atoms with E-state index in [9.17, 15) is 0 Å². The average Bonchev–Trinajstić information content (AvgIpc) is 2.93. The van der Waals surface area contributed by atoms with Gasteiger partial charge in [0.15, 0.2) is 0 Å². The minimum absolute atomic E-state index is 0.0954. The summed E-state index contributed by atoms with van der Waals surface area (Å²) in [7, 11) is 0. The lowest BCUT2D eigenvalue weighted by Gasteiger charge is -2.49. The summed E-state index contributed by atoms with van der Waals surface area (Å²) in [5, 5.41) is 3.82. The van der Waals surface area contributed by atoms with E-state index in [-0.39, 0.29) is 5.54 Å². The third-order valence-corrected chi connectivity index (χ3v) is 5.11. The van der Waals surface area contributed by atoms with Crippen molar-refractivity contribution in [1.82, 2.24) is 14.5 Å². The first kappa shape index (κ1) is 14.1. The molecule has 0 aromatic carbocycles. The van der Waals surface area contributed by atoms with E-state index in [1.54, 1.807) is 0 Å². The molecule has 0 amide bonds. The smallest absolute Gasteiger partial charge is 0.331 e. The van der Waals surface area contributed by atoms with Crippen LogP contribution in [0.1, 0.15) is 33.6 Å². The second-order valence-corrected chi connectivity index (χ2v) is 6.77. The van der Waals surface area contributed by atoms with Crippen LogP contribution < -0.4 is 10.0 Å². The van der Waals surface area contributed by atoms with Gasteiger partial charge >= 0.3 is 6.98 Å². The Kier molecular flexibility index (Phi) is 3.41. The molecule has 3 rings (SSSR count). The van der Waals surface area contributed by atoms with Crippen molar-refractivity contribution in [3.8, 4) is 0 Å². The highest BCUT2D eigenvalue weighted by Crippen LogP contribution is 2.40. The molecule has 0 bridgehead atoms. The van der Waals surface area contributed by atoms with Gasteiger partial charge in [0.25, 0.3) is 6.98 Å². The summed E-state index contributed by atoms with van der Waals surface area (Å²) in [5.74, 6) is 1.34. The highest BCUT2D eigenvalue weighted by molar-refractivity contribution is 6.74. The Morgan fingerprint density at radius 2 is 2.10 bits per heavy atom. The molecule has 3 heterocycles. The maximum absolute atomic E-state index is 3.82. The quantitative estimate of drug-likeness (QED) is 0.854. The standard InChI is InChI=1S/C14H26B2N4/c1-6-7-11-19-15(4)17-13-14(2,3)18-10-8-9-12(18)20(13)16(19)5/h8-10,13,17H,6-7,11H2,1-5H3. The van der Waals surface area contributed by atoms with Crippen molar-refractivity contribution in [3.63, 3.8) is 0 Å². The molecule has 2 aliphatic heterocycles. The van der Waals surface area contributed by atoms with E-state index in [1.165, 1.54) is 18.7 Å². The van der Waals surface area contributed by atoms with Crippen LogP contribution in [0.15, 0.2) is 18.3 Å². The molecule has 1 atom stereocenters. The van der Waals surface area contributed by atoms with Crippen LogP contribution in [0.5, 0.6) is 0 Å². The number of nitrogens with one attached hydrogen (secondary N) is 1. The SMILES string of the molecule is CCCCN1B(C)NC2N(B1C)c1cccn1C2(C)C. The van der Waals surface area contributed by atoms with Gasteiger partial charge in [-0.2, -0.15) is 0 Å². The molecule has 0 aliphatic carbocycles. The summed E-state index contributed by atoms with van der Waals surface area (Å²) in [5.41, 5.74) is 0.0954. The van der Waals surface area contributed by atoms with Gasteiger partial charge < -0.3 is 19.3 Å². The number of hydrogen-bond donors (Lipinski definition) is 1. The van der Waals surface area contributed by atoms with Gasteiger partial charge in [-0.15, -0.1) is 0 Å². The summed E-state index contributed by atoms with van der Waals surface area (Å²) in [6, 6.07) is 4.41. The van der Waals surface area contributed by atoms with Crippen LogP contribution in [-0.4, -0.2) is 36.0 Å². The first-order valence-electron chi connectivity index (χ1n) is 7.96. The highest BCUT2D eigenvalue weighted by atomic mass is 15.5. The summed E-state index contributed by atoms with van der Waals surface area (Å²) >= 11 is 0. The largest absolute Gasteiger partial charge is 0.372 e. The maximum Gasteiger partial charge on any atom is 0.331 e. The van der Waals surface area contributed by atoms with Crippen LogP contribution in [0.4, 0.5) is 5.82 Å². The van der Waals surface area contributed by atoms with Crippen molar-refractivity contribution in [2.45, 2.75) is 59.0 Å². The predicted molar refractivity (Wildman–Crippen MR) is 88.0 cm³/mol. The molecule has 1 aromatic rings. The minimum atomic E-state index is 0.0954. The highest BCUT2D eigenvalue weighted by Gasteiger charge is 2.52. The van der Waals surface area contributed by atoms with E-state index in [1.807, 2.05) is 0 Å². The van der Waals surface area contributed by atoms with Gasteiger partial charge in [-0.25, -0.2) is 0 Å². The van der Waals surface area contributed by atoms with Crippen molar-refractivity contribution in [1.29, 1.82) is 0 Å². The molecule has 1 saturated heterocycles. The van der Waals surface area contributed by atoms with Gasteiger partial charge in [0.1, 0.15) is 0 Å². The Bertz CT molecular complexity index is 487. The Balaban J connectivity index is 1.93. The van der Waals surface area contributed by atoms with E-state index in [2.05, 4.69) is 72.1 Å². The van der Waals surface area contributed by atoms with Crippen molar-refractivity contribution >= 4 is 19.8 Å². The first-order valence-corrected chi connectivity index (χ1v) is 7.96. The van der Waals surface area contributed by atoms with Gasteiger partial charge in [0, 0.05) is 6.20 Å². The molecule has 4 nitrogen and oxygen atoms in total. The number of nitrogens with zero attached hydrogens (tertiary/aromatic N) is 3. The summed E-state index contributed by atoms with van der Waals surface area (Å²) < 4.78 is 5.00. The van der Waals surface area contributed by atoms with Crippen LogP contribution in [0.25, 0.3) is 0 Å². The Morgan fingerprint density at radius 1 is 1.35 bits per heavy atom. The van der Waals surface area contributed by atoms with Crippen LogP contribution in [-0.2, 0) is 5.54 Å². The van der Waals surface area contributed by atoms with Gasteiger partial charge in [-0.1, -0.05) is 27.0 Å². The van der Waals surface area contributed by atoms with E-state index in [4.69, 9.17) is 0 Å². The van der Waals surface area contributed by atoms with Gasteiger partial charge in [0.2, 0.25) is 0 Å². The van der Waals surface area contributed by atoms with Gasteiger partial charge in [-0.05, 0) is 38.9 Å². The van der Waals surface area contributed by atoms with Crippen LogP contribution >= 0.6 is 0 Å². The van der Waals surface area contributed by atoms with Crippen LogP contribution in [0, 0.1) is 0 Å². The zero-order valence-electron chi connectivity index (χ0n) is 13.4. The zero-order valence-corrected chi connectivity index (χ0v) is 13.4. The lowest BCUT2D eigenvalue weighted by atomic mass is 9.57. The number of hydrogen-bond acceptors (Lipinski definition) is 3. The average molecular weight is 272 g/mol. The molecule has 108 valence electrons. The summed E-state index contributed by atoms with van der Waals surface area (Å²) in [4.78, 5) is 2.55. The molecule has 1 fully saturated rings. The molecule has 0 spiro atoms. The van der Waals surface area contributed by atoms with Crippen LogP contribution in [0.2, 0.25) is 13.6 Å². The molecule has 6 heteroatoms. The molecular formula is C14H26B2N4. The van der Waals surface area contributed by atoms with E-state index in [0.29, 0.717) is 20.1 Å². The third-order valence-electron chi connectivity index (χ3n) is 5.11. The number of anilines is 1. The summed E-state index contributed by atoms with van der Waals surface area (Å²) in [6.45, 7) is 13.6. The maximum atomic E-state index is 3.82. The first-order chi connectivity index (χ1) is 9.48. The molecule has 0 radical (unpaired) electrons. The number of unbranched alkanes of at least 4 members (excludes halogenated alkanes) is 1. The zero-order chi connectivity index (χ0) is 14.5. The second kappa shape index (κ2) is 4.85. The van der Waals surface area contributed by atoms with Crippen LogP contribution in [0.3, 0.4) is 0 Å². The number of aromatic nitrogens is 1. The van der Waals surface area contributed by atoms with E-state index < -0.39 is 0 Å². The Labute approximate surface area is 123 Å². The Morgan fingerprint density at radius 3 is 2.80 bits per heavy atom. The predicted octanol–water partition coefficient (Wildman–Crippen LogP) is 2.31. The molecule has 2 aliphatic rings. The molecule has 1 unspecified atom stereocenters. The van der Waals surface area contributed by atoms with Gasteiger partial charge in [0.05, 0.1) is 17.5 Å². The fourth-order valence-electron chi connectivity index (χ4n) is 3.89. The molecule has 1 aromatic heterocycles.